The molecule has 0 spiro atoms. The van der Waals surface area contributed by atoms with Crippen LogP contribution in [-0.4, -0.2) is 32.2 Å². The van der Waals surface area contributed by atoms with Crippen molar-refractivity contribution in [2.45, 2.75) is 291 Å². The predicted molar refractivity (Wildman–Crippen MR) is 288 cm³/mol. The second kappa shape index (κ2) is 41.1. The fraction of sp³-hybridized carbons (Fsp3) is 0.790. The monoisotopic (exact) mass is 931 g/mol. The molecule has 2 aromatic carbocycles. The van der Waals surface area contributed by atoms with Gasteiger partial charge in [0.1, 0.15) is 0 Å². The number of unbranched alkanes of at least 4 members (excludes halogenated alkanes) is 36. The number of hydrogen-bond acceptors (Lipinski definition) is 5. The van der Waals surface area contributed by atoms with Crippen LogP contribution in [0.3, 0.4) is 0 Å². The van der Waals surface area contributed by atoms with E-state index in [1.807, 2.05) is 12.1 Å². The Balaban J connectivity index is 1.65. The molecular weight excluding hydrogens is 825 g/mol. The van der Waals surface area contributed by atoms with Gasteiger partial charge in [-0.1, -0.05) is 259 Å². The highest BCUT2D eigenvalue weighted by atomic mass is 16.5. The number of ether oxygens (including phenoxy) is 4. The van der Waals surface area contributed by atoms with Gasteiger partial charge in [-0.05, 0) is 67.5 Å². The van der Waals surface area contributed by atoms with Crippen LogP contribution in [0.25, 0.3) is 0 Å². The first-order chi connectivity index (χ1) is 33.1. The number of rotatable bonds is 48. The van der Waals surface area contributed by atoms with Crippen LogP contribution in [0.15, 0.2) is 24.3 Å². The van der Waals surface area contributed by atoms with E-state index >= 15 is 0 Å². The van der Waals surface area contributed by atoms with E-state index in [1.165, 1.54) is 231 Å². The van der Waals surface area contributed by atoms with E-state index in [4.69, 9.17) is 18.9 Å². The van der Waals surface area contributed by atoms with E-state index < -0.39 is 0 Å². The molecule has 0 heterocycles. The van der Waals surface area contributed by atoms with Gasteiger partial charge in [0.05, 0.1) is 26.4 Å². The molecular formula is C62H106O5. The van der Waals surface area contributed by atoms with Gasteiger partial charge < -0.3 is 18.9 Å². The van der Waals surface area contributed by atoms with Crippen molar-refractivity contribution in [3.8, 4) is 23.0 Å². The largest absolute Gasteiger partial charge is 0.490 e. The molecule has 0 aromatic heterocycles. The number of benzene rings is 2. The summed E-state index contributed by atoms with van der Waals surface area (Å²) >= 11 is 0. The van der Waals surface area contributed by atoms with Crippen molar-refractivity contribution < 1.29 is 23.7 Å². The summed E-state index contributed by atoms with van der Waals surface area (Å²) in [5.41, 5.74) is 3.50. The van der Waals surface area contributed by atoms with Gasteiger partial charge >= 0.3 is 0 Å². The lowest BCUT2D eigenvalue weighted by Gasteiger charge is -2.24. The maximum atomic E-state index is 14.5. The summed E-state index contributed by atoms with van der Waals surface area (Å²) in [6.07, 6.45) is 52.4. The minimum atomic E-state index is 0.0475. The Hall–Kier alpha value is -2.69. The summed E-state index contributed by atoms with van der Waals surface area (Å²) in [6.45, 7) is 11.8. The molecule has 1 aliphatic rings. The summed E-state index contributed by atoms with van der Waals surface area (Å²) in [5.74, 6) is 3.05. The maximum Gasteiger partial charge on any atom is 0.193 e. The number of ketones is 1. The molecule has 0 radical (unpaired) electrons. The molecule has 1 aliphatic carbocycles. The van der Waals surface area contributed by atoms with Gasteiger partial charge in [-0.25, -0.2) is 0 Å². The van der Waals surface area contributed by atoms with Gasteiger partial charge in [-0.2, -0.15) is 0 Å². The average Bonchev–Trinajstić information content (AvgIpc) is 3.33. The maximum absolute atomic E-state index is 14.5. The van der Waals surface area contributed by atoms with Crippen LogP contribution >= 0.6 is 0 Å². The molecule has 0 fully saturated rings. The lowest BCUT2D eigenvalue weighted by atomic mass is 9.84. The molecule has 0 atom stereocenters. The number of carbonyl (C=O) groups is 1. The number of fused-ring (bicyclic) bond motifs is 2. The highest BCUT2D eigenvalue weighted by Crippen LogP contribution is 2.41. The molecule has 0 unspecified atom stereocenters. The first-order valence-corrected chi connectivity index (χ1v) is 29.5. The second-order valence-corrected chi connectivity index (χ2v) is 20.5. The Morgan fingerprint density at radius 3 is 0.701 bits per heavy atom. The van der Waals surface area contributed by atoms with Gasteiger partial charge in [-0.3, -0.25) is 4.79 Å². The van der Waals surface area contributed by atoms with Gasteiger partial charge in [0.15, 0.2) is 28.8 Å². The lowest BCUT2D eigenvalue weighted by Crippen LogP contribution is -2.17. The molecule has 2 aromatic rings. The molecule has 0 saturated heterocycles. The highest BCUT2D eigenvalue weighted by molar-refractivity contribution is 6.13. The van der Waals surface area contributed by atoms with E-state index in [0.717, 1.165) is 59.4 Å². The normalized spacial score (nSPS) is 12.1. The van der Waals surface area contributed by atoms with Crippen molar-refractivity contribution in [3.63, 3.8) is 0 Å². The smallest absolute Gasteiger partial charge is 0.193 e. The average molecular weight is 932 g/mol. The third kappa shape index (κ3) is 27.3. The minimum absolute atomic E-state index is 0.0475. The second-order valence-electron chi connectivity index (χ2n) is 20.5. The Morgan fingerprint density at radius 2 is 0.478 bits per heavy atom. The van der Waals surface area contributed by atoms with E-state index in [-0.39, 0.29) is 5.78 Å². The molecule has 67 heavy (non-hydrogen) atoms. The van der Waals surface area contributed by atoms with E-state index in [0.29, 0.717) is 44.3 Å². The molecule has 384 valence electrons. The fourth-order valence-corrected chi connectivity index (χ4v) is 9.81. The van der Waals surface area contributed by atoms with Crippen molar-refractivity contribution in [3.05, 3.63) is 46.5 Å². The summed E-state index contributed by atoms with van der Waals surface area (Å²) in [7, 11) is 0. The number of hydrogen-bond donors (Lipinski definition) is 0. The summed E-state index contributed by atoms with van der Waals surface area (Å²) < 4.78 is 26.1. The molecule has 0 saturated carbocycles. The molecule has 3 rings (SSSR count). The third-order valence-electron chi connectivity index (χ3n) is 14.2. The Bertz CT molecular complexity index is 1380. The zero-order valence-electron chi connectivity index (χ0n) is 44.7. The zero-order chi connectivity index (χ0) is 47.7. The first-order valence-electron chi connectivity index (χ1n) is 29.5. The number of carbonyl (C=O) groups excluding carboxylic acids is 1. The van der Waals surface area contributed by atoms with Gasteiger partial charge in [0.2, 0.25) is 0 Å². The molecule has 0 N–H and O–H groups in total. The summed E-state index contributed by atoms with van der Waals surface area (Å²) in [5, 5.41) is 0. The minimum Gasteiger partial charge on any atom is -0.490 e. The molecule has 0 aliphatic heterocycles. The van der Waals surface area contributed by atoms with Crippen LogP contribution in [0.4, 0.5) is 0 Å². The Kier molecular flexibility index (Phi) is 36.0. The molecule has 0 bridgehead atoms. The summed E-state index contributed by atoms with van der Waals surface area (Å²) in [6, 6.07) is 8.20. The van der Waals surface area contributed by atoms with Crippen LogP contribution in [0.2, 0.25) is 0 Å². The van der Waals surface area contributed by atoms with Crippen LogP contribution < -0.4 is 18.9 Å². The standard InChI is InChI=1S/C62H106O5/c1-5-9-13-17-21-25-29-33-37-41-45-64-58-50-54-49-55-51-59(65-46-42-38-34-30-26-22-18-14-10-6-2)61(67-48-44-40-36-32-28-24-20-16-12-8-4)53-57(55)62(63)56(54)52-60(58)66-47-43-39-35-31-27-23-19-15-11-7-3/h50-53H,5-49H2,1-4H3. The predicted octanol–water partition coefficient (Wildman–Crippen LogP) is 20.0. The van der Waals surface area contributed by atoms with Gasteiger partial charge in [0.25, 0.3) is 0 Å². The zero-order valence-corrected chi connectivity index (χ0v) is 44.7. The lowest BCUT2D eigenvalue weighted by molar-refractivity contribution is 0.103. The Morgan fingerprint density at radius 1 is 0.284 bits per heavy atom. The van der Waals surface area contributed by atoms with Gasteiger partial charge in [0, 0.05) is 11.1 Å². The van der Waals surface area contributed by atoms with E-state index in [2.05, 4.69) is 39.8 Å². The summed E-state index contributed by atoms with van der Waals surface area (Å²) in [4.78, 5) is 14.5. The van der Waals surface area contributed by atoms with Crippen molar-refractivity contribution in [2.24, 2.45) is 0 Å². The van der Waals surface area contributed by atoms with Crippen LogP contribution in [0.5, 0.6) is 23.0 Å². The third-order valence-corrected chi connectivity index (χ3v) is 14.2. The first kappa shape index (κ1) is 58.6. The van der Waals surface area contributed by atoms with Crippen molar-refractivity contribution >= 4 is 5.78 Å². The molecule has 0 amide bonds. The van der Waals surface area contributed by atoms with Gasteiger partial charge in [-0.15, -0.1) is 0 Å². The quantitative estimate of drug-likeness (QED) is 0.0528. The Labute approximate surface area is 414 Å². The highest BCUT2D eigenvalue weighted by Gasteiger charge is 2.28. The van der Waals surface area contributed by atoms with E-state index in [9.17, 15) is 4.79 Å². The topological polar surface area (TPSA) is 54.0 Å². The molecule has 5 heteroatoms. The SMILES string of the molecule is CCCCCCCCCCCCOc1cc2c(cc1OCCCCCCCCCCCC)C(=O)c1cc(OCCCCCCCCCCCC)c(OCCCCCCCCCCCC)cc1C2. The van der Waals surface area contributed by atoms with Crippen LogP contribution in [0, 0.1) is 0 Å². The van der Waals surface area contributed by atoms with Crippen molar-refractivity contribution in [2.75, 3.05) is 26.4 Å². The van der Waals surface area contributed by atoms with E-state index in [1.54, 1.807) is 0 Å². The van der Waals surface area contributed by atoms with Crippen molar-refractivity contribution in [1.82, 2.24) is 0 Å². The van der Waals surface area contributed by atoms with Crippen LogP contribution in [-0.2, 0) is 6.42 Å². The van der Waals surface area contributed by atoms with Crippen molar-refractivity contribution in [1.29, 1.82) is 0 Å². The fourth-order valence-electron chi connectivity index (χ4n) is 9.81. The van der Waals surface area contributed by atoms with Crippen LogP contribution in [0.1, 0.15) is 312 Å². The molecule has 5 nitrogen and oxygen atoms in total.